The summed E-state index contributed by atoms with van der Waals surface area (Å²) in [6.07, 6.45) is 1.33. The number of carboxylic acids is 1. The highest BCUT2D eigenvalue weighted by Gasteiger charge is 2.15. The minimum Gasteiger partial charge on any atom is -0.478 e. The van der Waals surface area contributed by atoms with Crippen molar-refractivity contribution in [3.63, 3.8) is 0 Å². The number of hydrogen-bond acceptors (Lipinski definition) is 5. The van der Waals surface area contributed by atoms with E-state index in [1.807, 2.05) is 0 Å². The third-order valence-electron chi connectivity index (χ3n) is 1.46. The smallest absolute Gasteiger partial charge is 0.339 e. The van der Waals surface area contributed by atoms with Gasteiger partial charge in [-0.05, 0) is 30.7 Å². The number of aromatic nitrogens is 1. The molecule has 0 aliphatic heterocycles. The molecular formula is C7H8N4O2S2. The van der Waals surface area contributed by atoms with Crippen molar-refractivity contribution in [2.24, 2.45) is 10.8 Å². The molecule has 0 saturated carbocycles. The van der Waals surface area contributed by atoms with Crippen LogP contribution >= 0.6 is 23.8 Å². The summed E-state index contributed by atoms with van der Waals surface area (Å²) < 4.78 is 3.91. The number of thiocarbonyl (C=S) groups is 1. The second kappa shape index (κ2) is 4.80. The van der Waals surface area contributed by atoms with Crippen molar-refractivity contribution in [2.45, 2.75) is 6.92 Å². The van der Waals surface area contributed by atoms with E-state index in [4.69, 9.17) is 10.8 Å². The third-order valence-corrected chi connectivity index (χ3v) is 2.42. The first-order valence-electron chi connectivity index (χ1n) is 3.80. The van der Waals surface area contributed by atoms with E-state index in [9.17, 15) is 4.79 Å². The van der Waals surface area contributed by atoms with Gasteiger partial charge in [0, 0.05) is 0 Å². The number of carbonyl (C=O) groups is 1. The van der Waals surface area contributed by atoms with Gasteiger partial charge in [-0.3, -0.25) is 5.43 Å². The molecule has 0 amide bonds. The van der Waals surface area contributed by atoms with Crippen molar-refractivity contribution in [3.05, 3.63) is 16.1 Å². The normalized spacial score (nSPS) is 10.5. The second-order valence-corrected chi connectivity index (χ2v) is 3.79. The molecule has 0 aliphatic carbocycles. The minimum atomic E-state index is -1.03. The van der Waals surface area contributed by atoms with E-state index in [0.717, 1.165) is 11.5 Å². The van der Waals surface area contributed by atoms with Crippen molar-refractivity contribution < 1.29 is 9.90 Å². The maximum absolute atomic E-state index is 10.8. The number of hydrazone groups is 1. The van der Waals surface area contributed by atoms with Crippen LogP contribution in [0.5, 0.6) is 0 Å². The van der Waals surface area contributed by atoms with Gasteiger partial charge in [0.05, 0.1) is 16.8 Å². The van der Waals surface area contributed by atoms with E-state index in [0.29, 0.717) is 10.6 Å². The quantitative estimate of drug-likeness (QED) is 0.402. The van der Waals surface area contributed by atoms with E-state index in [1.165, 1.54) is 6.21 Å². The van der Waals surface area contributed by atoms with E-state index in [1.54, 1.807) is 6.92 Å². The van der Waals surface area contributed by atoms with Gasteiger partial charge in [-0.1, -0.05) is 0 Å². The summed E-state index contributed by atoms with van der Waals surface area (Å²) in [6, 6.07) is 0. The van der Waals surface area contributed by atoms with Crippen molar-refractivity contribution in [3.8, 4) is 0 Å². The fourth-order valence-electron chi connectivity index (χ4n) is 0.890. The third kappa shape index (κ3) is 2.96. The zero-order valence-electron chi connectivity index (χ0n) is 7.72. The Morgan fingerprint density at radius 3 is 3.00 bits per heavy atom. The van der Waals surface area contributed by atoms with Crippen LogP contribution in [0.2, 0.25) is 0 Å². The lowest BCUT2D eigenvalue weighted by molar-refractivity contribution is 0.0696. The molecule has 4 N–H and O–H groups in total. The fourth-order valence-corrected chi connectivity index (χ4v) is 1.70. The Morgan fingerprint density at radius 1 is 1.80 bits per heavy atom. The highest BCUT2D eigenvalue weighted by atomic mass is 32.1. The molecule has 0 radical (unpaired) electrons. The first kappa shape index (κ1) is 11.5. The van der Waals surface area contributed by atoms with Gasteiger partial charge in [0.2, 0.25) is 0 Å². The van der Waals surface area contributed by atoms with E-state index in [2.05, 4.69) is 27.1 Å². The lowest BCUT2D eigenvalue weighted by atomic mass is 10.2. The Bertz CT molecular complexity index is 427. The zero-order chi connectivity index (χ0) is 11.4. The Labute approximate surface area is 95.0 Å². The summed E-state index contributed by atoms with van der Waals surface area (Å²) in [5.41, 5.74) is 8.08. The van der Waals surface area contributed by atoms with Gasteiger partial charge in [-0.15, -0.1) is 0 Å². The van der Waals surface area contributed by atoms with Gasteiger partial charge >= 0.3 is 5.97 Å². The molecule has 0 saturated heterocycles. The molecule has 0 aromatic carbocycles. The highest BCUT2D eigenvalue weighted by molar-refractivity contribution is 7.80. The molecule has 1 aromatic heterocycles. The van der Waals surface area contributed by atoms with Gasteiger partial charge < -0.3 is 10.8 Å². The van der Waals surface area contributed by atoms with Crippen LogP contribution in [0.15, 0.2) is 5.10 Å². The maximum atomic E-state index is 10.8. The molecule has 80 valence electrons. The van der Waals surface area contributed by atoms with Gasteiger partial charge in [0.25, 0.3) is 0 Å². The van der Waals surface area contributed by atoms with Crippen LogP contribution in [0.1, 0.15) is 20.9 Å². The fraction of sp³-hybridized carbons (Fsp3) is 0.143. The minimum absolute atomic E-state index is 0.0179. The first-order valence-corrected chi connectivity index (χ1v) is 4.98. The molecule has 1 heterocycles. The Balaban J connectivity index is 2.90. The lowest BCUT2D eigenvalue weighted by Gasteiger charge is -1.94. The number of aryl methyl sites for hydroxylation is 1. The van der Waals surface area contributed by atoms with Crippen molar-refractivity contribution in [2.75, 3.05) is 0 Å². The molecule has 0 fully saturated rings. The summed E-state index contributed by atoms with van der Waals surface area (Å²) in [5, 5.41) is 12.6. The molecular weight excluding hydrogens is 236 g/mol. The van der Waals surface area contributed by atoms with Crippen LogP contribution in [0.25, 0.3) is 0 Å². The second-order valence-electron chi connectivity index (χ2n) is 2.55. The van der Waals surface area contributed by atoms with Crippen LogP contribution in [-0.4, -0.2) is 26.8 Å². The van der Waals surface area contributed by atoms with Gasteiger partial charge in [-0.2, -0.15) is 9.47 Å². The first-order chi connectivity index (χ1) is 7.02. The predicted molar refractivity (Wildman–Crippen MR) is 61.3 cm³/mol. The SMILES string of the molecule is Cc1nsc(/C=N/NC(N)=S)c1C(=O)O. The largest absolute Gasteiger partial charge is 0.478 e. The number of nitrogens with one attached hydrogen (secondary N) is 1. The summed E-state index contributed by atoms with van der Waals surface area (Å²) in [5.74, 6) is -1.03. The zero-order valence-corrected chi connectivity index (χ0v) is 9.35. The number of nitrogens with zero attached hydrogens (tertiary/aromatic N) is 2. The predicted octanol–water partition coefficient (Wildman–Crippen LogP) is 0.317. The molecule has 0 spiro atoms. The van der Waals surface area contributed by atoms with E-state index >= 15 is 0 Å². The lowest BCUT2D eigenvalue weighted by Crippen LogP contribution is -2.24. The van der Waals surface area contributed by atoms with Crippen molar-refractivity contribution in [1.29, 1.82) is 0 Å². The van der Waals surface area contributed by atoms with E-state index in [-0.39, 0.29) is 10.7 Å². The van der Waals surface area contributed by atoms with E-state index < -0.39 is 5.97 Å². The summed E-state index contributed by atoms with van der Waals surface area (Å²) in [7, 11) is 0. The Hall–Kier alpha value is -1.54. The number of carboxylic acid groups (broad SMARTS) is 1. The summed E-state index contributed by atoms with van der Waals surface area (Å²) in [6.45, 7) is 1.62. The number of nitrogens with two attached hydrogens (primary N) is 1. The van der Waals surface area contributed by atoms with Crippen LogP contribution in [0.4, 0.5) is 0 Å². The molecule has 8 heteroatoms. The van der Waals surface area contributed by atoms with Crippen molar-refractivity contribution in [1.82, 2.24) is 9.80 Å². The van der Waals surface area contributed by atoms with Crippen LogP contribution in [0, 0.1) is 6.92 Å². The molecule has 1 aromatic rings. The molecule has 6 nitrogen and oxygen atoms in total. The molecule has 15 heavy (non-hydrogen) atoms. The van der Waals surface area contributed by atoms with Gasteiger partial charge in [0.1, 0.15) is 5.56 Å². The standard InChI is InChI=1S/C7H8N4O2S2/c1-3-5(6(12)13)4(15-11-3)2-9-10-7(8)14/h2H,1H3,(H,12,13)(H3,8,10,14)/b9-2+. The van der Waals surface area contributed by atoms with Crippen LogP contribution in [-0.2, 0) is 0 Å². The van der Waals surface area contributed by atoms with Crippen LogP contribution in [0.3, 0.4) is 0 Å². The monoisotopic (exact) mass is 244 g/mol. The van der Waals surface area contributed by atoms with Gasteiger partial charge in [0.15, 0.2) is 5.11 Å². The number of hydrogen-bond donors (Lipinski definition) is 3. The Morgan fingerprint density at radius 2 is 2.47 bits per heavy atom. The maximum Gasteiger partial charge on any atom is 0.339 e. The number of aromatic carboxylic acids is 1. The Kier molecular flexibility index (Phi) is 3.69. The molecule has 0 bridgehead atoms. The van der Waals surface area contributed by atoms with Crippen molar-refractivity contribution >= 4 is 41.0 Å². The molecule has 0 aliphatic rings. The molecule has 1 rings (SSSR count). The average molecular weight is 244 g/mol. The topological polar surface area (TPSA) is 101 Å². The highest BCUT2D eigenvalue weighted by Crippen LogP contribution is 2.15. The summed E-state index contributed by atoms with van der Waals surface area (Å²) >= 11 is 5.58. The van der Waals surface area contributed by atoms with Gasteiger partial charge in [-0.25, -0.2) is 4.79 Å². The summed E-state index contributed by atoms with van der Waals surface area (Å²) in [4.78, 5) is 11.3. The van der Waals surface area contributed by atoms with Crippen LogP contribution < -0.4 is 11.2 Å². The molecule has 0 atom stereocenters. The number of rotatable bonds is 3. The molecule has 0 unspecified atom stereocenters. The average Bonchev–Trinajstić information content (AvgIpc) is 2.46.